The molecule has 0 amide bonds. The Labute approximate surface area is 140 Å². The van der Waals surface area contributed by atoms with Crippen molar-refractivity contribution in [2.24, 2.45) is 34.5 Å². The molecule has 22 heavy (non-hydrogen) atoms. The minimum Gasteiger partial charge on any atom is -0.299 e. The van der Waals surface area contributed by atoms with Crippen molar-refractivity contribution in [3.63, 3.8) is 0 Å². The molecule has 0 radical (unpaired) electrons. The summed E-state index contributed by atoms with van der Waals surface area (Å²) in [7, 11) is 0. The van der Waals surface area contributed by atoms with Crippen LogP contribution in [0.15, 0.2) is 0 Å². The molecule has 124 valence electrons. The van der Waals surface area contributed by atoms with E-state index in [-0.39, 0.29) is 5.41 Å². The second kappa shape index (κ2) is 5.26. The quantitative estimate of drug-likeness (QED) is 0.649. The van der Waals surface area contributed by atoms with Crippen molar-refractivity contribution in [1.82, 2.24) is 0 Å². The molecule has 0 spiro atoms. The highest BCUT2D eigenvalue weighted by Gasteiger charge is 2.60. The van der Waals surface area contributed by atoms with Gasteiger partial charge in [0.25, 0.3) is 0 Å². The summed E-state index contributed by atoms with van der Waals surface area (Å²) < 4.78 is 0. The van der Waals surface area contributed by atoms with Crippen LogP contribution in [0.4, 0.5) is 0 Å². The van der Waals surface area contributed by atoms with Crippen LogP contribution in [-0.2, 0) is 4.79 Å². The maximum atomic E-state index is 12.4. The smallest absolute Gasteiger partial charge is 0.139 e. The van der Waals surface area contributed by atoms with Crippen molar-refractivity contribution < 1.29 is 4.79 Å². The highest BCUT2D eigenvalue weighted by Crippen LogP contribution is 2.65. The topological polar surface area (TPSA) is 17.1 Å². The number of ketones is 1. The summed E-state index contributed by atoms with van der Waals surface area (Å²) in [6, 6.07) is 0. The average molecular weight is 321 g/mol. The number of Topliss-reactive ketones (excluding diaryl/α,β-unsaturated/α-hetero) is 1. The van der Waals surface area contributed by atoms with E-state index in [0.717, 1.165) is 35.3 Å². The van der Waals surface area contributed by atoms with Gasteiger partial charge in [0.05, 0.1) is 0 Å². The van der Waals surface area contributed by atoms with Crippen LogP contribution < -0.4 is 0 Å². The minimum atomic E-state index is 0.0564. The Hall–Kier alpha value is 0.0200. The lowest BCUT2D eigenvalue weighted by molar-refractivity contribution is -0.138. The summed E-state index contributed by atoms with van der Waals surface area (Å²) in [4.78, 5) is 12.4. The lowest BCUT2D eigenvalue weighted by atomic mass is 9.45. The summed E-state index contributed by atoms with van der Waals surface area (Å²) in [6.07, 6.45) is 14.1. The van der Waals surface area contributed by atoms with E-state index in [0.29, 0.717) is 11.2 Å². The number of carbonyl (C=O) groups excluding carboxylic acids is 1. The van der Waals surface area contributed by atoms with Gasteiger partial charge in [0, 0.05) is 17.1 Å². The molecule has 4 aliphatic carbocycles. The normalized spacial score (nSPS) is 54.5. The predicted octanol–water partition coefficient (Wildman–Crippen LogP) is 5.33. The van der Waals surface area contributed by atoms with E-state index < -0.39 is 0 Å². The van der Waals surface area contributed by atoms with Gasteiger partial charge in [-0.15, -0.1) is 0 Å². The van der Waals surface area contributed by atoms with Gasteiger partial charge < -0.3 is 0 Å². The van der Waals surface area contributed by atoms with Gasteiger partial charge in [-0.25, -0.2) is 0 Å². The van der Waals surface area contributed by atoms with Crippen LogP contribution in [0.3, 0.4) is 0 Å². The third-order valence-corrected chi connectivity index (χ3v) is 9.75. The molecule has 2 heteroatoms. The van der Waals surface area contributed by atoms with Gasteiger partial charge >= 0.3 is 0 Å². The van der Waals surface area contributed by atoms with Crippen molar-refractivity contribution >= 4 is 17.5 Å². The lowest BCUT2D eigenvalue weighted by Crippen LogP contribution is -2.53. The first-order valence-electron chi connectivity index (χ1n) is 9.55. The van der Waals surface area contributed by atoms with Crippen LogP contribution in [-0.4, -0.2) is 17.3 Å². The number of hydrogen-bond acceptors (Lipinski definition) is 2. The van der Waals surface area contributed by atoms with Crippen LogP contribution in [0.5, 0.6) is 0 Å². The molecule has 0 aromatic carbocycles. The molecule has 0 bridgehead atoms. The second-order valence-corrected chi connectivity index (χ2v) is 10.3. The van der Waals surface area contributed by atoms with Crippen LogP contribution >= 0.6 is 11.8 Å². The average Bonchev–Trinajstić information content (AvgIpc) is 2.82. The Morgan fingerprint density at radius 3 is 2.59 bits per heavy atom. The van der Waals surface area contributed by atoms with Crippen molar-refractivity contribution in [2.75, 3.05) is 6.26 Å². The number of hydrogen-bond donors (Lipinski definition) is 0. The molecule has 0 aromatic heterocycles. The first-order chi connectivity index (χ1) is 10.5. The molecule has 0 aromatic rings. The Morgan fingerprint density at radius 2 is 1.82 bits per heavy atom. The van der Waals surface area contributed by atoms with Gasteiger partial charge in [0.2, 0.25) is 0 Å². The van der Waals surface area contributed by atoms with E-state index in [9.17, 15) is 4.79 Å². The molecule has 1 nitrogen and oxygen atoms in total. The van der Waals surface area contributed by atoms with Gasteiger partial charge in [-0.2, -0.15) is 11.8 Å². The maximum Gasteiger partial charge on any atom is 0.139 e. The van der Waals surface area contributed by atoms with Gasteiger partial charge in [-0.1, -0.05) is 13.8 Å². The molecule has 0 N–H and O–H groups in total. The van der Waals surface area contributed by atoms with E-state index in [1.165, 1.54) is 51.4 Å². The van der Waals surface area contributed by atoms with E-state index in [1.54, 1.807) is 0 Å². The fraction of sp³-hybridized carbons (Fsp3) is 0.950. The van der Waals surface area contributed by atoms with Gasteiger partial charge in [-0.3, -0.25) is 4.79 Å². The molecular formula is C20H32OS. The van der Waals surface area contributed by atoms with Gasteiger partial charge in [0.15, 0.2) is 0 Å². The molecule has 4 fully saturated rings. The summed E-state index contributed by atoms with van der Waals surface area (Å²) in [5.41, 5.74) is 0.642. The Kier molecular flexibility index (Phi) is 3.72. The molecule has 0 saturated heterocycles. The zero-order chi connectivity index (χ0) is 15.5. The summed E-state index contributed by atoms with van der Waals surface area (Å²) in [6.45, 7) is 4.94. The largest absolute Gasteiger partial charge is 0.299 e. The summed E-state index contributed by atoms with van der Waals surface area (Å²) in [5.74, 6) is 4.04. The molecular weight excluding hydrogens is 288 g/mol. The minimum absolute atomic E-state index is 0.0564. The first-order valence-corrected chi connectivity index (χ1v) is 10.8. The number of rotatable bonds is 1. The fourth-order valence-electron chi connectivity index (χ4n) is 7.20. The van der Waals surface area contributed by atoms with Crippen LogP contribution in [0.2, 0.25) is 0 Å². The molecule has 0 aliphatic heterocycles. The summed E-state index contributed by atoms with van der Waals surface area (Å²) in [5, 5.41) is 0.913. The monoisotopic (exact) mass is 320 g/mol. The number of carbonyl (C=O) groups is 1. The lowest BCUT2D eigenvalue weighted by Gasteiger charge is -2.60. The highest BCUT2D eigenvalue weighted by atomic mass is 32.2. The maximum absolute atomic E-state index is 12.4. The van der Waals surface area contributed by atoms with Crippen LogP contribution in [0.25, 0.3) is 0 Å². The third-order valence-electron chi connectivity index (χ3n) is 8.66. The second-order valence-electron chi connectivity index (χ2n) is 9.21. The third kappa shape index (κ3) is 2.01. The molecule has 4 rings (SSSR count). The molecule has 4 saturated carbocycles. The van der Waals surface area contributed by atoms with E-state index in [1.807, 2.05) is 0 Å². The van der Waals surface area contributed by atoms with Crippen molar-refractivity contribution in [3.05, 3.63) is 0 Å². The predicted molar refractivity (Wildman–Crippen MR) is 94.0 cm³/mol. The van der Waals surface area contributed by atoms with Crippen LogP contribution in [0.1, 0.15) is 71.6 Å². The van der Waals surface area contributed by atoms with Gasteiger partial charge in [0.1, 0.15) is 5.78 Å². The standard InChI is InChI=1S/C20H32OS/c1-19-10-8-14(22-3)12-13(19)4-5-15-16-6-7-18(21)20(16,2)11-9-17(15)19/h13-17H,4-12H2,1-3H3/t13-,14?,15-,16-,17-,19-,20-/m0/s1. The Bertz CT molecular complexity index is 474. The van der Waals surface area contributed by atoms with Crippen LogP contribution in [0, 0.1) is 34.5 Å². The van der Waals surface area contributed by atoms with Gasteiger partial charge in [-0.05, 0) is 86.7 Å². The van der Waals surface area contributed by atoms with Crippen molar-refractivity contribution in [2.45, 2.75) is 76.9 Å². The summed E-state index contributed by atoms with van der Waals surface area (Å²) >= 11 is 2.10. The highest BCUT2D eigenvalue weighted by molar-refractivity contribution is 7.99. The van der Waals surface area contributed by atoms with E-state index in [4.69, 9.17) is 0 Å². The zero-order valence-electron chi connectivity index (χ0n) is 14.6. The fourth-order valence-corrected chi connectivity index (χ4v) is 7.98. The SMILES string of the molecule is CSC1CC[C@@]2(C)[C@@H](CC[C@@H]3[C@@H]2CC[C@]2(C)C(=O)CC[C@@H]32)C1. The molecule has 0 heterocycles. The zero-order valence-corrected chi connectivity index (χ0v) is 15.4. The molecule has 7 atom stereocenters. The Balaban J connectivity index is 1.60. The molecule has 4 aliphatic rings. The van der Waals surface area contributed by atoms with Crippen molar-refractivity contribution in [3.8, 4) is 0 Å². The Morgan fingerprint density at radius 1 is 1.00 bits per heavy atom. The molecule has 1 unspecified atom stereocenters. The van der Waals surface area contributed by atoms with E-state index in [2.05, 4.69) is 31.9 Å². The number of fused-ring (bicyclic) bond motifs is 5. The number of thioether (sulfide) groups is 1. The first kappa shape index (κ1) is 15.5. The van der Waals surface area contributed by atoms with E-state index >= 15 is 0 Å². The van der Waals surface area contributed by atoms with Crippen molar-refractivity contribution in [1.29, 1.82) is 0 Å².